The number of nitrogens with zero attached hydrogens (tertiary/aromatic N) is 5. The number of nitrogens with one attached hydrogen (secondary N) is 1. The van der Waals surface area contributed by atoms with E-state index in [1.165, 1.54) is 6.07 Å². The zero-order valence-electron chi connectivity index (χ0n) is 20.9. The Morgan fingerprint density at radius 1 is 0.974 bits per heavy atom. The Morgan fingerprint density at radius 3 is 2.54 bits per heavy atom. The molecule has 1 saturated carbocycles. The number of hydrogen-bond donors (Lipinski definition) is 1. The lowest BCUT2D eigenvalue weighted by atomic mass is 10.1. The number of pyridine rings is 1. The van der Waals surface area contributed by atoms with Gasteiger partial charge in [0.05, 0.1) is 28.5 Å². The highest BCUT2D eigenvalue weighted by Crippen LogP contribution is 2.36. The smallest absolute Gasteiger partial charge is 0.342 e. The molecule has 2 fully saturated rings. The van der Waals surface area contributed by atoms with Gasteiger partial charge in [0.15, 0.2) is 5.65 Å². The first-order valence-corrected chi connectivity index (χ1v) is 13.1. The fourth-order valence-corrected chi connectivity index (χ4v) is 5.52. The Hall–Kier alpha value is -4.21. The average Bonchev–Trinajstić information content (AvgIpc) is 3.33. The van der Waals surface area contributed by atoms with Gasteiger partial charge in [-0.2, -0.15) is 18.3 Å². The summed E-state index contributed by atoms with van der Waals surface area (Å²) in [5.74, 6) is 1.23. The second-order valence-corrected chi connectivity index (χ2v) is 10.5. The molecular weight excluding hydrogens is 505 g/mol. The number of aromatic nitrogens is 5. The highest BCUT2D eigenvalue weighted by atomic mass is 19.4. The molecule has 0 radical (unpaired) electrons. The zero-order valence-corrected chi connectivity index (χ0v) is 20.9. The number of H-pyrrole nitrogens is 1. The molecule has 0 spiro atoms. The quantitative estimate of drug-likeness (QED) is 0.306. The molecule has 7 nitrogen and oxygen atoms in total. The third-order valence-electron chi connectivity index (χ3n) is 7.78. The number of halogens is 3. The Kier molecular flexibility index (Phi) is 5.47. The van der Waals surface area contributed by atoms with Gasteiger partial charge < -0.3 is 9.47 Å². The Bertz CT molecular complexity index is 1700. The summed E-state index contributed by atoms with van der Waals surface area (Å²) in [5.41, 5.74) is 3.43. The van der Waals surface area contributed by atoms with Crippen LogP contribution in [0.1, 0.15) is 24.8 Å². The molecule has 1 aliphatic carbocycles. The van der Waals surface area contributed by atoms with Gasteiger partial charge >= 0.3 is 6.18 Å². The van der Waals surface area contributed by atoms with Crippen molar-refractivity contribution in [2.45, 2.75) is 32.0 Å². The van der Waals surface area contributed by atoms with E-state index >= 15 is 0 Å². The number of aromatic amines is 1. The molecule has 2 aliphatic rings. The van der Waals surface area contributed by atoms with E-state index in [-0.39, 0.29) is 17.7 Å². The SMILES string of the molecule is O=C(C1CC1)N1CCC(Cn2c(-c3ccc(-c4ccc5cn[nH]c5n4)cc3)nc3cc(C(F)(F)F)ccc32)C1. The van der Waals surface area contributed by atoms with E-state index in [1.807, 2.05) is 45.9 Å². The average molecular weight is 531 g/mol. The summed E-state index contributed by atoms with van der Waals surface area (Å²) in [5, 5.41) is 7.82. The van der Waals surface area contributed by atoms with Crippen LogP contribution in [-0.4, -0.2) is 48.6 Å². The number of alkyl halides is 3. The number of likely N-dealkylation sites (tertiary alicyclic amines) is 1. The molecule has 39 heavy (non-hydrogen) atoms. The van der Waals surface area contributed by atoms with E-state index in [2.05, 4.69) is 20.2 Å². The van der Waals surface area contributed by atoms with E-state index in [9.17, 15) is 18.0 Å². The summed E-state index contributed by atoms with van der Waals surface area (Å²) in [7, 11) is 0. The lowest BCUT2D eigenvalue weighted by Gasteiger charge is -2.18. The van der Waals surface area contributed by atoms with E-state index in [0.717, 1.165) is 60.1 Å². The normalized spacial score (nSPS) is 17.9. The van der Waals surface area contributed by atoms with Crippen molar-refractivity contribution in [1.82, 2.24) is 29.6 Å². The Balaban J connectivity index is 1.24. The Morgan fingerprint density at radius 2 is 1.77 bits per heavy atom. The first kappa shape index (κ1) is 23.9. The number of imidazole rings is 1. The molecule has 1 unspecified atom stereocenters. The molecule has 1 aliphatic heterocycles. The van der Waals surface area contributed by atoms with Gasteiger partial charge in [-0.05, 0) is 55.5 Å². The molecule has 1 saturated heterocycles. The van der Waals surface area contributed by atoms with E-state index in [4.69, 9.17) is 0 Å². The molecule has 10 heteroatoms. The van der Waals surface area contributed by atoms with Crippen LogP contribution in [0.5, 0.6) is 0 Å². The topological polar surface area (TPSA) is 79.7 Å². The van der Waals surface area contributed by atoms with Crippen LogP contribution in [0.15, 0.2) is 60.8 Å². The molecule has 7 rings (SSSR count). The van der Waals surface area contributed by atoms with Crippen molar-refractivity contribution in [2.75, 3.05) is 13.1 Å². The van der Waals surface area contributed by atoms with E-state index < -0.39 is 11.7 Å². The monoisotopic (exact) mass is 530 g/mol. The molecule has 1 amide bonds. The summed E-state index contributed by atoms with van der Waals surface area (Å²) in [6.07, 6.45) is 0.0735. The molecule has 1 N–H and O–H groups in total. The third kappa shape index (κ3) is 4.43. The minimum atomic E-state index is -4.45. The maximum Gasteiger partial charge on any atom is 0.416 e. The second-order valence-electron chi connectivity index (χ2n) is 10.5. The number of fused-ring (bicyclic) bond motifs is 2. The predicted octanol–water partition coefficient (Wildman–Crippen LogP) is 5.92. The van der Waals surface area contributed by atoms with Crippen molar-refractivity contribution in [2.24, 2.45) is 11.8 Å². The van der Waals surface area contributed by atoms with Crippen LogP contribution in [0.4, 0.5) is 13.2 Å². The minimum Gasteiger partial charge on any atom is -0.342 e. The lowest BCUT2D eigenvalue weighted by Crippen LogP contribution is -2.30. The van der Waals surface area contributed by atoms with Gasteiger partial charge in [-0.15, -0.1) is 0 Å². The van der Waals surface area contributed by atoms with Gasteiger partial charge in [-0.3, -0.25) is 9.89 Å². The van der Waals surface area contributed by atoms with E-state index in [1.54, 1.807) is 6.20 Å². The Labute approximate surface area is 221 Å². The van der Waals surface area contributed by atoms with Crippen molar-refractivity contribution >= 4 is 28.0 Å². The number of amides is 1. The molecule has 3 aromatic heterocycles. The summed E-state index contributed by atoms with van der Waals surface area (Å²) >= 11 is 0. The molecular formula is C29H25F3N6O. The molecule has 2 aromatic carbocycles. The summed E-state index contributed by atoms with van der Waals surface area (Å²) < 4.78 is 42.4. The first-order valence-electron chi connectivity index (χ1n) is 13.1. The summed E-state index contributed by atoms with van der Waals surface area (Å²) in [6, 6.07) is 15.3. The number of carbonyl (C=O) groups excluding carboxylic acids is 1. The number of benzene rings is 2. The van der Waals surface area contributed by atoms with Crippen LogP contribution < -0.4 is 0 Å². The minimum absolute atomic E-state index is 0.177. The van der Waals surface area contributed by atoms with Crippen molar-refractivity contribution in [3.8, 4) is 22.6 Å². The standard InChI is InChI=1S/C29H25F3N6O/c30-29(31,32)22-8-10-25-24(13-22)35-27(38(25)16-17-11-12-37(15-17)28(39)20-5-6-20)19-3-1-18(2-4-19)23-9-7-21-14-33-36-26(21)34-23/h1-4,7-10,13-14,17,20H,5-6,11-12,15-16H2,(H,33,34,36). The van der Waals surface area contributed by atoms with Crippen LogP contribution in [0.2, 0.25) is 0 Å². The fraction of sp³-hybridized carbons (Fsp3) is 0.310. The second kappa shape index (κ2) is 8.93. The predicted molar refractivity (Wildman–Crippen MR) is 140 cm³/mol. The number of rotatable bonds is 5. The van der Waals surface area contributed by atoms with Crippen LogP contribution in [0, 0.1) is 11.8 Å². The molecule has 1 atom stereocenters. The van der Waals surface area contributed by atoms with Crippen LogP contribution >= 0.6 is 0 Å². The fourth-order valence-electron chi connectivity index (χ4n) is 5.52. The zero-order chi connectivity index (χ0) is 26.7. The molecule has 198 valence electrons. The van der Waals surface area contributed by atoms with Gasteiger partial charge in [0.25, 0.3) is 0 Å². The van der Waals surface area contributed by atoms with Gasteiger partial charge in [-0.25, -0.2) is 9.97 Å². The highest BCUT2D eigenvalue weighted by molar-refractivity contribution is 5.83. The van der Waals surface area contributed by atoms with Gasteiger partial charge in [0.2, 0.25) is 5.91 Å². The molecule has 5 aromatic rings. The van der Waals surface area contributed by atoms with E-state index in [0.29, 0.717) is 35.6 Å². The molecule has 0 bridgehead atoms. The summed E-state index contributed by atoms with van der Waals surface area (Å²) in [6.45, 7) is 1.96. The number of hydrogen-bond acceptors (Lipinski definition) is 4. The lowest BCUT2D eigenvalue weighted by molar-refractivity contribution is -0.137. The van der Waals surface area contributed by atoms with Crippen molar-refractivity contribution in [3.05, 3.63) is 66.4 Å². The maximum atomic E-state index is 13.5. The highest BCUT2D eigenvalue weighted by Gasteiger charge is 2.37. The van der Waals surface area contributed by atoms with Crippen molar-refractivity contribution < 1.29 is 18.0 Å². The molecule has 4 heterocycles. The number of carbonyl (C=O) groups is 1. The van der Waals surface area contributed by atoms with Crippen molar-refractivity contribution in [3.63, 3.8) is 0 Å². The van der Waals surface area contributed by atoms with Gasteiger partial charge in [-0.1, -0.05) is 24.3 Å². The van der Waals surface area contributed by atoms with Gasteiger partial charge in [0, 0.05) is 42.1 Å². The maximum absolute atomic E-state index is 13.5. The van der Waals surface area contributed by atoms with Gasteiger partial charge in [0.1, 0.15) is 5.82 Å². The van der Waals surface area contributed by atoms with Crippen LogP contribution in [-0.2, 0) is 17.5 Å². The first-order chi connectivity index (χ1) is 18.8. The largest absolute Gasteiger partial charge is 0.416 e. The van der Waals surface area contributed by atoms with Crippen molar-refractivity contribution in [1.29, 1.82) is 0 Å². The van der Waals surface area contributed by atoms with Crippen LogP contribution in [0.3, 0.4) is 0 Å². The third-order valence-corrected chi connectivity index (χ3v) is 7.78. The van der Waals surface area contributed by atoms with Crippen LogP contribution in [0.25, 0.3) is 44.7 Å². The summed E-state index contributed by atoms with van der Waals surface area (Å²) in [4.78, 5) is 23.8.